The van der Waals surface area contributed by atoms with E-state index in [1.807, 2.05) is 4.98 Å². The summed E-state index contributed by atoms with van der Waals surface area (Å²) in [4.78, 5) is 25.6. The van der Waals surface area contributed by atoms with Crippen molar-refractivity contribution in [1.82, 2.24) is 25.0 Å². The summed E-state index contributed by atoms with van der Waals surface area (Å²) in [6, 6.07) is 6.05. The second kappa shape index (κ2) is 8.67. The quantitative estimate of drug-likeness (QED) is 0.599. The SMILES string of the molecule is N#Cc1nn(-c2cc(Cl)c(Oc3cc(C4CCCC4)c(Cl)nn3)c(Cl)c2)c(=O)[nH]c1=O. The molecule has 1 saturated carbocycles. The Kier molecular flexibility index (Phi) is 5.96. The minimum Gasteiger partial charge on any atom is -0.434 e. The molecule has 1 aromatic carbocycles. The van der Waals surface area contributed by atoms with Crippen molar-refractivity contribution in [2.45, 2.75) is 31.6 Å². The molecule has 0 bridgehead atoms. The highest BCUT2D eigenvalue weighted by molar-refractivity contribution is 6.37. The number of nitriles is 1. The molecule has 4 rings (SSSR count). The number of H-pyrrole nitrogens is 1. The monoisotopic (exact) mass is 478 g/mol. The van der Waals surface area contributed by atoms with Crippen molar-refractivity contribution in [3.05, 3.63) is 65.5 Å². The van der Waals surface area contributed by atoms with Gasteiger partial charge in [0.2, 0.25) is 11.6 Å². The minimum atomic E-state index is -0.889. The van der Waals surface area contributed by atoms with Gasteiger partial charge in [0.1, 0.15) is 6.07 Å². The van der Waals surface area contributed by atoms with Crippen LogP contribution in [0.3, 0.4) is 0 Å². The number of ether oxygens (including phenoxy) is 1. The molecule has 9 nitrogen and oxygen atoms in total. The first-order valence-corrected chi connectivity index (χ1v) is 10.3. The van der Waals surface area contributed by atoms with E-state index < -0.39 is 16.9 Å². The summed E-state index contributed by atoms with van der Waals surface area (Å²) in [6.45, 7) is 0. The molecule has 12 heteroatoms. The van der Waals surface area contributed by atoms with Crippen LogP contribution in [0, 0.1) is 11.3 Å². The van der Waals surface area contributed by atoms with Crippen molar-refractivity contribution in [1.29, 1.82) is 5.26 Å². The number of hydrogen-bond acceptors (Lipinski definition) is 7. The van der Waals surface area contributed by atoms with Gasteiger partial charge in [0, 0.05) is 6.07 Å². The lowest BCUT2D eigenvalue weighted by Crippen LogP contribution is -2.33. The molecule has 0 amide bonds. The van der Waals surface area contributed by atoms with E-state index >= 15 is 0 Å². The second-order valence-corrected chi connectivity index (χ2v) is 8.05. The summed E-state index contributed by atoms with van der Waals surface area (Å²) < 4.78 is 6.57. The average Bonchev–Trinajstić information content (AvgIpc) is 3.26. The highest BCUT2D eigenvalue weighted by Crippen LogP contribution is 2.40. The number of halogens is 3. The maximum atomic E-state index is 12.1. The molecule has 2 heterocycles. The van der Waals surface area contributed by atoms with Crippen LogP contribution in [-0.4, -0.2) is 25.0 Å². The van der Waals surface area contributed by atoms with E-state index in [1.54, 1.807) is 12.1 Å². The number of rotatable bonds is 4. The summed E-state index contributed by atoms with van der Waals surface area (Å²) in [5.41, 5.74) is -1.23. The van der Waals surface area contributed by atoms with Gasteiger partial charge in [-0.05, 0) is 36.5 Å². The van der Waals surface area contributed by atoms with Gasteiger partial charge in [-0.1, -0.05) is 47.6 Å². The van der Waals surface area contributed by atoms with Gasteiger partial charge in [-0.15, -0.1) is 15.3 Å². The first-order valence-electron chi connectivity index (χ1n) is 9.21. The predicted molar refractivity (Wildman–Crippen MR) is 114 cm³/mol. The summed E-state index contributed by atoms with van der Waals surface area (Å²) in [5.74, 6) is 0.569. The average molecular weight is 480 g/mol. The first kappa shape index (κ1) is 21.3. The maximum Gasteiger partial charge on any atom is 0.349 e. The Hall–Kier alpha value is -2.93. The van der Waals surface area contributed by atoms with Gasteiger partial charge in [0.25, 0.3) is 5.56 Å². The van der Waals surface area contributed by atoms with Crippen LogP contribution in [-0.2, 0) is 0 Å². The number of nitrogens with one attached hydrogen (secondary N) is 1. The summed E-state index contributed by atoms with van der Waals surface area (Å²) in [6.07, 6.45) is 4.30. The lowest BCUT2D eigenvalue weighted by molar-refractivity contribution is 0.453. The van der Waals surface area contributed by atoms with Gasteiger partial charge in [-0.3, -0.25) is 9.78 Å². The number of hydrogen-bond donors (Lipinski definition) is 1. The van der Waals surface area contributed by atoms with Crippen LogP contribution in [0.2, 0.25) is 15.2 Å². The van der Waals surface area contributed by atoms with E-state index in [2.05, 4.69) is 15.3 Å². The minimum absolute atomic E-state index is 0.0556. The molecule has 1 N–H and O–H groups in total. The van der Waals surface area contributed by atoms with Crippen molar-refractivity contribution in [3.8, 4) is 23.4 Å². The number of benzene rings is 1. The molecule has 0 aliphatic heterocycles. The molecule has 3 aromatic rings. The molecule has 1 fully saturated rings. The number of aromatic amines is 1. The van der Waals surface area contributed by atoms with Crippen LogP contribution < -0.4 is 16.0 Å². The van der Waals surface area contributed by atoms with Crippen molar-refractivity contribution in [2.24, 2.45) is 0 Å². The standard InChI is InChI=1S/C19H13Cl3N6O3/c20-12-5-10(28-19(30)24-18(29)14(8-23)27-28)6-13(21)16(12)31-15-7-11(17(22)26-25-15)9-3-1-2-4-9/h5-7,9H,1-4H2,(H,24,29,30). The highest BCUT2D eigenvalue weighted by Gasteiger charge is 2.22. The Morgan fingerprint density at radius 3 is 2.42 bits per heavy atom. The third kappa shape index (κ3) is 4.28. The smallest absolute Gasteiger partial charge is 0.349 e. The van der Waals surface area contributed by atoms with Crippen molar-refractivity contribution in [2.75, 3.05) is 0 Å². The van der Waals surface area contributed by atoms with Crippen molar-refractivity contribution < 1.29 is 4.74 Å². The summed E-state index contributed by atoms with van der Waals surface area (Å²) in [5, 5.41) is 21.1. The van der Waals surface area contributed by atoms with E-state index in [4.69, 9.17) is 44.8 Å². The summed E-state index contributed by atoms with van der Waals surface area (Å²) >= 11 is 18.9. The fourth-order valence-electron chi connectivity index (χ4n) is 3.46. The second-order valence-electron chi connectivity index (χ2n) is 6.88. The molecular formula is C19H13Cl3N6O3. The normalized spacial score (nSPS) is 13.9. The Bertz CT molecular complexity index is 1300. The van der Waals surface area contributed by atoms with Gasteiger partial charge in [-0.25, -0.2) is 4.79 Å². The van der Waals surface area contributed by atoms with Crippen molar-refractivity contribution >= 4 is 34.8 Å². The largest absolute Gasteiger partial charge is 0.434 e. The predicted octanol–water partition coefficient (Wildman–Crippen LogP) is 3.99. The van der Waals surface area contributed by atoms with Gasteiger partial charge in [0.15, 0.2) is 10.9 Å². The molecule has 1 aliphatic carbocycles. The Balaban J connectivity index is 1.70. The lowest BCUT2D eigenvalue weighted by Gasteiger charge is -2.14. The zero-order valence-corrected chi connectivity index (χ0v) is 18.0. The van der Waals surface area contributed by atoms with Crippen molar-refractivity contribution in [3.63, 3.8) is 0 Å². The molecule has 2 aromatic heterocycles. The highest BCUT2D eigenvalue weighted by atomic mass is 35.5. The lowest BCUT2D eigenvalue weighted by atomic mass is 10.0. The molecule has 1 aliphatic rings. The fraction of sp³-hybridized carbons (Fsp3) is 0.263. The number of nitrogens with zero attached hydrogens (tertiary/aromatic N) is 5. The molecule has 31 heavy (non-hydrogen) atoms. The molecule has 0 radical (unpaired) electrons. The zero-order chi connectivity index (χ0) is 22.1. The van der Waals surface area contributed by atoms with E-state index in [1.165, 1.54) is 12.1 Å². The molecule has 0 saturated heterocycles. The van der Waals surface area contributed by atoms with Gasteiger partial charge >= 0.3 is 5.69 Å². The van der Waals surface area contributed by atoms with E-state index in [0.29, 0.717) is 11.1 Å². The van der Waals surface area contributed by atoms with Crippen LogP contribution in [0.5, 0.6) is 11.6 Å². The van der Waals surface area contributed by atoms with E-state index in [0.717, 1.165) is 35.9 Å². The van der Waals surface area contributed by atoms with Gasteiger partial charge in [-0.2, -0.15) is 9.94 Å². The third-order valence-corrected chi connectivity index (χ3v) is 5.77. The Labute approximate surface area is 190 Å². The fourth-order valence-corrected chi connectivity index (χ4v) is 4.26. The molecule has 0 unspecified atom stereocenters. The topological polar surface area (TPSA) is 127 Å². The van der Waals surface area contributed by atoms with Gasteiger partial charge in [0.05, 0.1) is 15.7 Å². The zero-order valence-electron chi connectivity index (χ0n) is 15.7. The van der Waals surface area contributed by atoms with Crippen LogP contribution >= 0.6 is 34.8 Å². The van der Waals surface area contributed by atoms with Crippen LogP contribution in [0.1, 0.15) is 42.9 Å². The molecule has 0 spiro atoms. The summed E-state index contributed by atoms with van der Waals surface area (Å²) in [7, 11) is 0. The Morgan fingerprint density at radius 1 is 1.10 bits per heavy atom. The van der Waals surface area contributed by atoms with Crippen LogP contribution in [0.4, 0.5) is 0 Å². The molecule has 0 atom stereocenters. The van der Waals surface area contributed by atoms with E-state index in [-0.39, 0.29) is 27.4 Å². The molecule has 158 valence electrons. The number of aromatic nitrogens is 5. The Morgan fingerprint density at radius 2 is 1.77 bits per heavy atom. The third-order valence-electron chi connectivity index (χ3n) is 4.92. The van der Waals surface area contributed by atoms with Crippen LogP contribution in [0.15, 0.2) is 27.8 Å². The maximum absolute atomic E-state index is 12.1. The van der Waals surface area contributed by atoms with E-state index in [9.17, 15) is 9.59 Å². The van der Waals surface area contributed by atoms with Gasteiger partial charge < -0.3 is 4.74 Å². The van der Waals surface area contributed by atoms with Crippen LogP contribution in [0.25, 0.3) is 5.69 Å². The first-order chi connectivity index (χ1) is 14.9. The molecular weight excluding hydrogens is 467 g/mol.